The van der Waals surface area contributed by atoms with E-state index in [9.17, 15) is 9.59 Å². The molecular formula is C20H22N4O2. The lowest BCUT2D eigenvalue weighted by atomic mass is 10.1. The van der Waals surface area contributed by atoms with Crippen molar-refractivity contribution in [3.05, 3.63) is 65.5 Å². The number of aromatic nitrogens is 2. The second-order valence-electron chi connectivity index (χ2n) is 6.38. The minimum Gasteiger partial charge on any atom is -0.338 e. The van der Waals surface area contributed by atoms with Crippen LogP contribution < -0.4 is 5.32 Å². The molecule has 0 atom stereocenters. The Morgan fingerprint density at radius 2 is 2.08 bits per heavy atom. The summed E-state index contributed by atoms with van der Waals surface area (Å²) in [7, 11) is 0. The number of rotatable bonds is 5. The van der Waals surface area contributed by atoms with E-state index in [2.05, 4.69) is 21.9 Å². The van der Waals surface area contributed by atoms with Gasteiger partial charge in [-0.25, -0.2) is 9.97 Å². The summed E-state index contributed by atoms with van der Waals surface area (Å²) in [6.07, 6.45) is 5.26. The van der Waals surface area contributed by atoms with Crippen molar-refractivity contribution in [2.45, 2.75) is 32.7 Å². The highest BCUT2D eigenvalue weighted by Gasteiger charge is 2.22. The number of carbonyl (C=O) groups excluding carboxylic acids is 2. The van der Waals surface area contributed by atoms with Crippen LogP contribution in [0.5, 0.6) is 0 Å². The molecule has 0 saturated heterocycles. The first-order chi connectivity index (χ1) is 12.6. The van der Waals surface area contributed by atoms with Gasteiger partial charge in [-0.05, 0) is 25.5 Å². The summed E-state index contributed by atoms with van der Waals surface area (Å²) in [5.41, 5.74) is 3.47. The second kappa shape index (κ2) is 7.91. The Morgan fingerprint density at radius 3 is 2.81 bits per heavy atom. The maximum absolute atomic E-state index is 12.3. The number of nitrogens with one attached hydrogen (secondary N) is 1. The number of amides is 2. The van der Waals surface area contributed by atoms with Gasteiger partial charge in [-0.1, -0.05) is 23.8 Å². The molecule has 0 saturated carbocycles. The van der Waals surface area contributed by atoms with E-state index in [1.807, 2.05) is 24.0 Å². The van der Waals surface area contributed by atoms with Gasteiger partial charge in [0.2, 0.25) is 11.9 Å². The molecule has 1 aromatic carbocycles. The monoisotopic (exact) mass is 350 g/mol. The smallest absolute Gasteiger partial charge is 0.258 e. The standard InChI is InChI=1S/C20H22N4O2/c1-3-4-5-18(25)24-11-10-17-16(13-24)12-21-20(22-17)23-19(26)15-8-6-14(2)7-9-15/h3,6-9,12H,1,4-5,10-11,13H2,2H3,(H,21,22,23,26). The topological polar surface area (TPSA) is 75.2 Å². The summed E-state index contributed by atoms with van der Waals surface area (Å²) in [5, 5.41) is 2.74. The Bertz CT molecular complexity index is 830. The normalized spacial score (nSPS) is 13.0. The third kappa shape index (κ3) is 4.14. The quantitative estimate of drug-likeness (QED) is 0.842. The second-order valence-corrected chi connectivity index (χ2v) is 6.38. The molecule has 0 bridgehead atoms. The summed E-state index contributed by atoms with van der Waals surface area (Å²) in [6.45, 7) is 6.76. The van der Waals surface area contributed by atoms with Crippen molar-refractivity contribution < 1.29 is 9.59 Å². The molecule has 1 N–H and O–H groups in total. The first-order valence-electron chi connectivity index (χ1n) is 8.68. The molecule has 2 aromatic rings. The third-order valence-electron chi connectivity index (χ3n) is 4.39. The Kier molecular flexibility index (Phi) is 5.41. The van der Waals surface area contributed by atoms with E-state index in [4.69, 9.17) is 0 Å². The van der Waals surface area contributed by atoms with Crippen LogP contribution in [0.2, 0.25) is 0 Å². The molecule has 0 radical (unpaired) electrons. The summed E-state index contributed by atoms with van der Waals surface area (Å²) in [6, 6.07) is 7.33. The van der Waals surface area contributed by atoms with Crippen LogP contribution in [0, 0.1) is 6.92 Å². The number of anilines is 1. The van der Waals surface area contributed by atoms with E-state index < -0.39 is 0 Å². The van der Waals surface area contributed by atoms with Crippen LogP contribution in [-0.2, 0) is 17.8 Å². The predicted molar refractivity (Wildman–Crippen MR) is 99.7 cm³/mol. The van der Waals surface area contributed by atoms with Gasteiger partial charge >= 0.3 is 0 Å². The fourth-order valence-corrected chi connectivity index (χ4v) is 2.85. The van der Waals surface area contributed by atoms with Crippen LogP contribution in [0.25, 0.3) is 0 Å². The van der Waals surface area contributed by atoms with Gasteiger partial charge in [-0.3, -0.25) is 14.9 Å². The molecule has 1 aliphatic heterocycles. The van der Waals surface area contributed by atoms with Crippen molar-refractivity contribution in [1.82, 2.24) is 14.9 Å². The van der Waals surface area contributed by atoms with Gasteiger partial charge in [-0.2, -0.15) is 0 Å². The van der Waals surface area contributed by atoms with E-state index in [1.54, 1.807) is 24.4 Å². The number of hydrogen-bond acceptors (Lipinski definition) is 4. The Labute approximate surface area is 153 Å². The maximum atomic E-state index is 12.3. The molecule has 6 nitrogen and oxygen atoms in total. The molecule has 3 rings (SSSR count). The fourth-order valence-electron chi connectivity index (χ4n) is 2.85. The van der Waals surface area contributed by atoms with E-state index in [-0.39, 0.29) is 11.8 Å². The van der Waals surface area contributed by atoms with Crippen molar-refractivity contribution in [2.24, 2.45) is 0 Å². The molecule has 134 valence electrons. The number of aryl methyl sites for hydroxylation is 1. The van der Waals surface area contributed by atoms with Gasteiger partial charge in [0.1, 0.15) is 0 Å². The van der Waals surface area contributed by atoms with Crippen LogP contribution >= 0.6 is 0 Å². The average Bonchev–Trinajstić information content (AvgIpc) is 2.66. The Balaban J connectivity index is 1.66. The van der Waals surface area contributed by atoms with Crippen molar-refractivity contribution in [1.29, 1.82) is 0 Å². The summed E-state index contributed by atoms with van der Waals surface area (Å²) in [4.78, 5) is 34.9. The molecule has 0 spiro atoms. The van der Waals surface area contributed by atoms with Crippen LogP contribution in [0.1, 0.15) is 40.0 Å². The number of nitrogens with zero attached hydrogens (tertiary/aromatic N) is 3. The largest absolute Gasteiger partial charge is 0.338 e. The van der Waals surface area contributed by atoms with Crippen molar-refractivity contribution >= 4 is 17.8 Å². The minimum absolute atomic E-state index is 0.118. The molecule has 26 heavy (non-hydrogen) atoms. The zero-order valence-electron chi connectivity index (χ0n) is 14.9. The van der Waals surface area contributed by atoms with E-state index in [0.717, 1.165) is 16.8 Å². The Hall–Kier alpha value is -3.02. The molecule has 2 heterocycles. The van der Waals surface area contributed by atoms with Gasteiger partial charge in [0.15, 0.2) is 0 Å². The van der Waals surface area contributed by atoms with Crippen molar-refractivity contribution in [3.63, 3.8) is 0 Å². The number of carbonyl (C=O) groups is 2. The fraction of sp³-hybridized carbons (Fsp3) is 0.300. The number of fused-ring (bicyclic) bond motifs is 1. The first kappa shape index (κ1) is 17.8. The summed E-state index contributed by atoms with van der Waals surface area (Å²) < 4.78 is 0. The average molecular weight is 350 g/mol. The lowest BCUT2D eigenvalue weighted by molar-refractivity contribution is -0.132. The van der Waals surface area contributed by atoms with E-state index in [0.29, 0.717) is 43.9 Å². The molecule has 0 aliphatic carbocycles. The van der Waals surface area contributed by atoms with Gasteiger partial charge in [0, 0.05) is 43.3 Å². The highest BCUT2D eigenvalue weighted by Crippen LogP contribution is 2.19. The highest BCUT2D eigenvalue weighted by molar-refractivity contribution is 6.03. The Morgan fingerprint density at radius 1 is 1.31 bits per heavy atom. The van der Waals surface area contributed by atoms with E-state index >= 15 is 0 Å². The molecule has 6 heteroatoms. The molecule has 2 amide bonds. The lowest BCUT2D eigenvalue weighted by Crippen LogP contribution is -2.36. The minimum atomic E-state index is -0.234. The van der Waals surface area contributed by atoms with Crippen LogP contribution in [-0.4, -0.2) is 33.2 Å². The summed E-state index contributed by atoms with van der Waals surface area (Å²) >= 11 is 0. The zero-order chi connectivity index (χ0) is 18.5. The van der Waals surface area contributed by atoms with E-state index in [1.165, 1.54) is 0 Å². The summed E-state index contributed by atoms with van der Waals surface area (Å²) in [5.74, 6) is 0.176. The maximum Gasteiger partial charge on any atom is 0.258 e. The number of allylic oxidation sites excluding steroid dienone is 1. The molecule has 1 aliphatic rings. The van der Waals surface area contributed by atoms with Gasteiger partial charge in [0.05, 0.1) is 5.69 Å². The van der Waals surface area contributed by atoms with Crippen LogP contribution in [0.15, 0.2) is 43.1 Å². The first-order valence-corrected chi connectivity index (χ1v) is 8.68. The third-order valence-corrected chi connectivity index (χ3v) is 4.39. The molecule has 0 unspecified atom stereocenters. The predicted octanol–water partition coefficient (Wildman–Crippen LogP) is 2.89. The van der Waals surface area contributed by atoms with Crippen molar-refractivity contribution in [2.75, 3.05) is 11.9 Å². The van der Waals surface area contributed by atoms with Crippen LogP contribution in [0.3, 0.4) is 0 Å². The number of hydrogen-bond donors (Lipinski definition) is 1. The highest BCUT2D eigenvalue weighted by atomic mass is 16.2. The molecule has 0 fully saturated rings. The SMILES string of the molecule is C=CCCC(=O)N1CCc2nc(NC(=O)c3ccc(C)cc3)ncc2C1. The van der Waals surface area contributed by atoms with Gasteiger partial charge in [0.25, 0.3) is 5.91 Å². The zero-order valence-corrected chi connectivity index (χ0v) is 14.9. The van der Waals surface area contributed by atoms with Gasteiger partial charge in [-0.15, -0.1) is 6.58 Å². The molecule has 1 aromatic heterocycles. The van der Waals surface area contributed by atoms with Crippen LogP contribution in [0.4, 0.5) is 5.95 Å². The van der Waals surface area contributed by atoms with Gasteiger partial charge < -0.3 is 4.90 Å². The number of benzene rings is 1. The lowest BCUT2D eigenvalue weighted by Gasteiger charge is -2.28. The molecular weight excluding hydrogens is 328 g/mol. The van der Waals surface area contributed by atoms with Crippen molar-refractivity contribution in [3.8, 4) is 0 Å².